The highest BCUT2D eigenvalue weighted by molar-refractivity contribution is 5.81. The van der Waals surface area contributed by atoms with Crippen LogP contribution in [0.15, 0.2) is 18.2 Å². The maximum atomic E-state index is 11.7. The van der Waals surface area contributed by atoms with Crippen molar-refractivity contribution in [2.75, 3.05) is 13.2 Å². The quantitative estimate of drug-likeness (QED) is 0.857. The van der Waals surface area contributed by atoms with E-state index in [-0.39, 0.29) is 11.3 Å². The second-order valence-electron chi connectivity index (χ2n) is 6.46. The Morgan fingerprint density at radius 1 is 1.25 bits per heavy atom. The molecule has 0 aliphatic heterocycles. The first-order valence-corrected chi connectivity index (χ1v) is 7.50. The van der Waals surface area contributed by atoms with Crippen LogP contribution in [0.25, 0.3) is 0 Å². The van der Waals surface area contributed by atoms with Gasteiger partial charge in [-0.15, -0.1) is 0 Å². The van der Waals surface area contributed by atoms with Gasteiger partial charge in [-0.2, -0.15) is 0 Å². The molecular weight excluding hydrogens is 250 g/mol. The van der Waals surface area contributed by atoms with Gasteiger partial charge in [-0.3, -0.25) is 4.79 Å². The molecule has 2 rings (SSSR count). The molecular formula is C17H25NO2. The summed E-state index contributed by atoms with van der Waals surface area (Å²) in [5.74, 6) is 1.06. The van der Waals surface area contributed by atoms with Crippen molar-refractivity contribution in [2.24, 2.45) is 5.41 Å². The minimum atomic E-state index is -0.341. The molecule has 0 spiro atoms. The number of aryl methyl sites for hydroxylation is 1. The summed E-state index contributed by atoms with van der Waals surface area (Å²) in [6, 6.07) is 6.30. The Hall–Kier alpha value is -1.51. The highest BCUT2D eigenvalue weighted by Crippen LogP contribution is 2.29. The van der Waals surface area contributed by atoms with Gasteiger partial charge >= 0.3 is 0 Å². The van der Waals surface area contributed by atoms with Crippen molar-refractivity contribution in [3.05, 3.63) is 29.3 Å². The lowest BCUT2D eigenvalue weighted by atomic mass is 9.91. The fourth-order valence-electron chi connectivity index (χ4n) is 2.47. The third kappa shape index (κ3) is 3.75. The van der Waals surface area contributed by atoms with Crippen LogP contribution in [0.2, 0.25) is 0 Å². The van der Waals surface area contributed by atoms with Crippen molar-refractivity contribution in [2.45, 2.75) is 46.5 Å². The number of carbonyl (C=O) groups excluding carboxylic acids is 1. The molecule has 0 fully saturated rings. The molecule has 1 N–H and O–H groups in total. The summed E-state index contributed by atoms with van der Waals surface area (Å²) in [6.45, 7) is 6.82. The number of benzene rings is 1. The fourth-order valence-corrected chi connectivity index (χ4v) is 2.47. The second-order valence-corrected chi connectivity index (χ2v) is 6.46. The van der Waals surface area contributed by atoms with E-state index in [9.17, 15) is 4.79 Å². The first kappa shape index (κ1) is 14.9. The van der Waals surface area contributed by atoms with E-state index >= 15 is 0 Å². The summed E-state index contributed by atoms with van der Waals surface area (Å²) in [5, 5.41) is 2.91. The molecule has 0 saturated carbocycles. The van der Waals surface area contributed by atoms with Crippen molar-refractivity contribution < 1.29 is 9.53 Å². The van der Waals surface area contributed by atoms with Gasteiger partial charge in [0.05, 0.1) is 6.54 Å². The Balaban J connectivity index is 1.85. The molecule has 0 bridgehead atoms. The first-order chi connectivity index (χ1) is 9.48. The summed E-state index contributed by atoms with van der Waals surface area (Å²) in [6.07, 6.45) is 4.79. The minimum Gasteiger partial charge on any atom is -0.491 e. The van der Waals surface area contributed by atoms with Gasteiger partial charge in [0.2, 0.25) is 5.91 Å². The van der Waals surface area contributed by atoms with Crippen LogP contribution >= 0.6 is 0 Å². The minimum absolute atomic E-state index is 0.0659. The monoisotopic (exact) mass is 275 g/mol. The molecule has 1 aliphatic rings. The van der Waals surface area contributed by atoms with Crippen molar-refractivity contribution in [3.63, 3.8) is 0 Å². The van der Waals surface area contributed by atoms with Crippen LogP contribution in [0.4, 0.5) is 0 Å². The van der Waals surface area contributed by atoms with E-state index < -0.39 is 0 Å². The van der Waals surface area contributed by atoms with Crippen molar-refractivity contribution in [1.82, 2.24) is 5.32 Å². The van der Waals surface area contributed by atoms with Crippen LogP contribution < -0.4 is 10.1 Å². The molecule has 3 nitrogen and oxygen atoms in total. The highest BCUT2D eigenvalue weighted by Gasteiger charge is 2.20. The average molecular weight is 275 g/mol. The molecule has 20 heavy (non-hydrogen) atoms. The predicted octanol–water partition coefficient (Wildman–Crippen LogP) is 3.11. The van der Waals surface area contributed by atoms with Crippen LogP contribution in [0.5, 0.6) is 5.75 Å². The third-order valence-electron chi connectivity index (χ3n) is 3.68. The maximum Gasteiger partial charge on any atom is 0.225 e. The Morgan fingerprint density at radius 2 is 2.00 bits per heavy atom. The number of ether oxygens (including phenoxy) is 1. The Bertz CT molecular complexity index is 474. The van der Waals surface area contributed by atoms with Gasteiger partial charge in [-0.25, -0.2) is 0 Å². The number of amides is 1. The second kappa shape index (κ2) is 6.29. The van der Waals surface area contributed by atoms with E-state index in [0.717, 1.165) is 18.6 Å². The number of fused-ring (bicyclic) bond motifs is 1. The van der Waals surface area contributed by atoms with Crippen molar-refractivity contribution >= 4 is 5.91 Å². The van der Waals surface area contributed by atoms with Gasteiger partial charge < -0.3 is 10.1 Å². The van der Waals surface area contributed by atoms with E-state index in [1.165, 1.54) is 24.0 Å². The molecule has 0 heterocycles. The summed E-state index contributed by atoms with van der Waals surface area (Å²) < 4.78 is 5.85. The van der Waals surface area contributed by atoms with Gasteiger partial charge in [-0.05, 0) is 42.9 Å². The first-order valence-electron chi connectivity index (χ1n) is 7.50. The zero-order valence-corrected chi connectivity index (χ0v) is 12.8. The molecule has 110 valence electrons. The largest absolute Gasteiger partial charge is 0.491 e. The smallest absolute Gasteiger partial charge is 0.225 e. The number of carbonyl (C=O) groups is 1. The van der Waals surface area contributed by atoms with Crippen LogP contribution in [0.1, 0.15) is 44.7 Å². The summed E-state index contributed by atoms with van der Waals surface area (Å²) in [7, 11) is 0. The van der Waals surface area contributed by atoms with E-state index in [0.29, 0.717) is 13.2 Å². The number of hydrogen-bond donors (Lipinski definition) is 1. The van der Waals surface area contributed by atoms with Gasteiger partial charge in [0.15, 0.2) is 0 Å². The molecule has 1 amide bonds. The molecule has 0 atom stereocenters. The molecule has 0 aromatic heterocycles. The zero-order valence-electron chi connectivity index (χ0n) is 12.8. The molecule has 1 aromatic rings. The van der Waals surface area contributed by atoms with Gasteiger partial charge in [0.25, 0.3) is 0 Å². The van der Waals surface area contributed by atoms with Gasteiger partial charge in [0, 0.05) is 5.41 Å². The lowest BCUT2D eigenvalue weighted by Gasteiger charge is -2.20. The van der Waals surface area contributed by atoms with E-state index in [2.05, 4.69) is 17.4 Å². The SMILES string of the molecule is CC(C)(C)C(=O)NCCOc1cccc2c1CCCC2. The standard InChI is InChI=1S/C17H25NO2/c1-17(2,3)16(19)18-11-12-20-15-10-6-8-13-7-4-5-9-14(13)15/h6,8,10H,4-5,7,9,11-12H2,1-3H3,(H,18,19). The Morgan fingerprint density at radius 3 is 2.75 bits per heavy atom. The number of rotatable bonds is 4. The molecule has 0 unspecified atom stereocenters. The predicted molar refractivity (Wildman–Crippen MR) is 81.0 cm³/mol. The summed E-state index contributed by atoms with van der Waals surface area (Å²) in [5.41, 5.74) is 2.44. The Labute approximate surface area is 121 Å². The van der Waals surface area contributed by atoms with Gasteiger partial charge in [0.1, 0.15) is 12.4 Å². The van der Waals surface area contributed by atoms with Crippen LogP contribution in [-0.4, -0.2) is 19.1 Å². The summed E-state index contributed by atoms with van der Waals surface area (Å²) >= 11 is 0. The molecule has 0 saturated heterocycles. The van der Waals surface area contributed by atoms with E-state index in [1.807, 2.05) is 26.8 Å². The lowest BCUT2D eigenvalue weighted by molar-refractivity contribution is -0.128. The average Bonchev–Trinajstić information content (AvgIpc) is 2.42. The fraction of sp³-hybridized carbons (Fsp3) is 0.588. The number of nitrogens with one attached hydrogen (secondary N) is 1. The molecule has 0 radical (unpaired) electrons. The van der Waals surface area contributed by atoms with Crippen LogP contribution in [0.3, 0.4) is 0 Å². The normalized spacial score (nSPS) is 14.6. The molecule has 3 heteroatoms. The van der Waals surface area contributed by atoms with Crippen LogP contribution in [0, 0.1) is 5.41 Å². The third-order valence-corrected chi connectivity index (χ3v) is 3.68. The van der Waals surface area contributed by atoms with Crippen LogP contribution in [-0.2, 0) is 17.6 Å². The van der Waals surface area contributed by atoms with E-state index in [1.54, 1.807) is 0 Å². The number of hydrogen-bond acceptors (Lipinski definition) is 2. The van der Waals surface area contributed by atoms with Gasteiger partial charge in [-0.1, -0.05) is 32.9 Å². The van der Waals surface area contributed by atoms with Crippen molar-refractivity contribution in [3.8, 4) is 5.75 Å². The Kier molecular flexibility index (Phi) is 4.69. The lowest BCUT2D eigenvalue weighted by Crippen LogP contribution is -2.37. The maximum absolute atomic E-state index is 11.7. The molecule has 1 aliphatic carbocycles. The summed E-state index contributed by atoms with van der Waals surface area (Å²) in [4.78, 5) is 11.7. The molecule has 1 aromatic carbocycles. The topological polar surface area (TPSA) is 38.3 Å². The van der Waals surface area contributed by atoms with E-state index in [4.69, 9.17) is 4.74 Å². The van der Waals surface area contributed by atoms with Crippen molar-refractivity contribution in [1.29, 1.82) is 0 Å². The highest BCUT2D eigenvalue weighted by atomic mass is 16.5. The zero-order chi connectivity index (χ0) is 14.6.